The molecule has 0 aliphatic heterocycles. The summed E-state index contributed by atoms with van der Waals surface area (Å²) in [7, 11) is 0. The molecule has 0 aliphatic rings. The van der Waals surface area contributed by atoms with Gasteiger partial charge in [-0.25, -0.2) is 0 Å². The molecule has 0 saturated carbocycles. The van der Waals surface area contributed by atoms with Crippen molar-refractivity contribution in [2.45, 2.75) is 59.2 Å². The van der Waals surface area contributed by atoms with Crippen molar-refractivity contribution < 1.29 is 24.1 Å². The second-order valence-corrected chi connectivity index (χ2v) is 4.13. The fraction of sp³-hybridized carbons (Fsp3) is 0.867. The maximum absolute atomic E-state index is 9.31. The van der Waals surface area contributed by atoms with Crippen molar-refractivity contribution in [2.24, 2.45) is 0 Å². The quantitative estimate of drug-likeness (QED) is 0.492. The molecule has 0 rings (SSSR count). The summed E-state index contributed by atoms with van der Waals surface area (Å²) < 4.78 is 22.5. The highest BCUT2D eigenvalue weighted by Gasteiger charge is 2.41. The minimum absolute atomic E-state index is 0.340. The molecule has 0 aromatic heterocycles. The van der Waals surface area contributed by atoms with Crippen LogP contribution in [0.5, 0.6) is 0 Å². The number of ether oxygens (including phenoxy) is 4. The van der Waals surface area contributed by atoms with Crippen molar-refractivity contribution in [1.29, 1.82) is 0 Å². The van der Waals surface area contributed by atoms with Crippen molar-refractivity contribution in [1.82, 2.24) is 0 Å². The average Bonchev–Trinajstić information content (AvgIpc) is 2.38. The molecule has 118 valence electrons. The lowest BCUT2D eigenvalue weighted by molar-refractivity contribution is -0.321. The minimum Gasteiger partial charge on any atom is -0.392 e. The van der Waals surface area contributed by atoms with Crippen LogP contribution >= 0.6 is 0 Å². The Morgan fingerprint density at radius 1 is 0.950 bits per heavy atom. The molecular formula is C15H28O5. The zero-order chi connectivity index (χ0) is 15.4. The van der Waals surface area contributed by atoms with Crippen LogP contribution in [0.3, 0.4) is 0 Å². The molecule has 0 aromatic rings. The van der Waals surface area contributed by atoms with Crippen LogP contribution in [0.1, 0.15) is 41.0 Å². The Morgan fingerprint density at radius 2 is 1.45 bits per heavy atom. The van der Waals surface area contributed by atoms with Gasteiger partial charge >= 0.3 is 0 Å². The SMILES string of the molecule is CCOC(OCC)C(C#CCC(C)O)(OCC)OCC. The molecule has 1 unspecified atom stereocenters. The first-order valence-corrected chi connectivity index (χ1v) is 7.25. The molecule has 0 saturated heterocycles. The molecule has 5 heteroatoms. The third kappa shape index (κ3) is 6.69. The van der Waals surface area contributed by atoms with Gasteiger partial charge in [0.25, 0.3) is 5.79 Å². The van der Waals surface area contributed by atoms with E-state index in [4.69, 9.17) is 18.9 Å². The van der Waals surface area contributed by atoms with Gasteiger partial charge in [-0.2, -0.15) is 0 Å². The highest BCUT2D eigenvalue weighted by molar-refractivity contribution is 5.13. The van der Waals surface area contributed by atoms with E-state index in [1.54, 1.807) is 6.92 Å². The first-order chi connectivity index (χ1) is 9.56. The summed E-state index contributed by atoms with van der Waals surface area (Å²) in [6, 6.07) is 0. The second kappa shape index (κ2) is 11.1. The molecule has 0 amide bonds. The summed E-state index contributed by atoms with van der Waals surface area (Å²) in [6.07, 6.45) is -0.882. The maximum Gasteiger partial charge on any atom is 0.286 e. The molecule has 1 atom stereocenters. The van der Waals surface area contributed by atoms with Gasteiger partial charge in [-0.05, 0) is 40.5 Å². The van der Waals surface area contributed by atoms with E-state index in [1.807, 2.05) is 27.7 Å². The number of hydrogen-bond donors (Lipinski definition) is 1. The van der Waals surface area contributed by atoms with Crippen molar-refractivity contribution in [3.8, 4) is 11.8 Å². The largest absolute Gasteiger partial charge is 0.392 e. The van der Waals surface area contributed by atoms with Gasteiger partial charge in [0.05, 0.1) is 6.10 Å². The molecule has 0 aromatic carbocycles. The summed E-state index contributed by atoms with van der Waals surface area (Å²) in [5.74, 6) is 4.55. The Balaban J connectivity index is 5.26. The lowest BCUT2D eigenvalue weighted by Crippen LogP contribution is -2.49. The highest BCUT2D eigenvalue weighted by atomic mass is 16.8. The third-order valence-corrected chi connectivity index (χ3v) is 2.32. The maximum atomic E-state index is 9.31. The smallest absolute Gasteiger partial charge is 0.286 e. The number of rotatable bonds is 10. The van der Waals surface area contributed by atoms with Crippen LogP contribution in [0.2, 0.25) is 0 Å². The second-order valence-electron chi connectivity index (χ2n) is 4.13. The van der Waals surface area contributed by atoms with E-state index in [1.165, 1.54) is 0 Å². The van der Waals surface area contributed by atoms with Crippen LogP contribution in [0.4, 0.5) is 0 Å². The summed E-state index contributed by atoms with van der Waals surface area (Å²) >= 11 is 0. The van der Waals surface area contributed by atoms with Crippen molar-refractivity contribution in [3.63, 3.8) is 0 Å². The first-order valence-electron chi connectivity index (χ1n) is 7.25. The summed E-state index contributed by atoms with van der Waals surface area (Å²) in [5, 5.41) is 9.31. The lowest BCUT2D eigenvalue weighted by Gasteiger charge is -2.34. The Hall–Kier alpha value is -0.640. The monoisotopic (exact) mass is 288 g/mol. The van der Waals surface area contributed by atoms with Gasteiger partial charge < -0.3 is 24.1 Å². The van der Waals surface area contributed by atoms with Crippen molar-refractivity contribution >= 4 is 0 Å². The molecule has 0 radical (unpaired) electrons. The van der Waals surface area contributed by atoms with Crippen molar-refractivity contribution in [3.05, 3.63) is 0 Å². The van der Waals surface area contributed by atoms with E-state index in [2.05, 4.69) is 11.8 Å². The van der Waals surface area contributed by atoms with Gasteiger partial charge in [-0.15, -0.1) is 0 Å². The predicted octanol–water partition coefficient (Wildman–Crippen LogP) is 1.93. The van der Waals surface area contributed by atoms with Crippen LogP contribution in [0.15, 0.2) is 0 Å². The summed E-state index contributed by atoms with van der Waals surface area (Å²) in [4.78, 5) is 0. The number of aliphatic hydroxyl groups is 1. The van der Waals surface area contributed by atoms with Gasteiger partial charge in [0, 0.05) is 32.8 Å². The van der Waals surface area contributed by atoms with Crippen LogP contribution < -0.4 is 0 Å². The molecule has 0 bridgehead atoms. The highest BCUT2D eigenvalue weighted by Crippen LogP contribution is 2.22. The minimum atomic E-state index is -1.26. The van der Waals surface area contributed by atoms with E-state index in [0.717, 1.165) is 0 Å². The van der Waals surface area contributed by atoms with E-state index in [0.29, 0.717) is 32.8 Å². The normalized spacial score (nSPS) is 13.2. The molecule has 0 aliphatic carbocycles. The van der Waals surface area contributed by atoms with Gasteiger partial charge in [-0.3, -0.25) is 0 Å². The van der Waals surface area contributed by atoms with E-state index < -0.39 is 18.2 Å². The Labute approximate surface area is 122 Å². The third-order valence-electron chi connectivity index (χ3n) is 2.32. The zero-order valence-corrected chi connectivity index (χ0v) is 13.3. The number of hydrogen-bond acceptors (Lipinski definition) is 5. The van der Waals surface area contributed by atoms with Crippen LogP contribution in [0, 0.1) is 11.8 Å². The lowest BCUT2D eigenvalue weighted by atomic mass is 10.2. The summed E-state index contributed by atoms with van der Waals surface area (Å²) in [5.41, 5.74) is 0. The molecule has 0 spiro atoms. The Morgan fingerprint density at radius 3 is 1.80 bits per heavy atom. The van der Waals surface area contributed by atoms with Crippen LogP contribution in [-0.4, -0.2) is 49.7 Å². The zero-order valence-electron chi connectivity index (χ0n) is 13.3. The number of aliphatic hydroxyl groups excluding tert-OH is 1. The van der Waals surface area contributed by atoms with Crippen LogP contribution in [-0.2, 0) is 18.9 Å². The Bertz CT molecular complexity index is 280. The molecule has 0 heterocycles. The molecule has 5 nitrogen and oxygen atoms in total. The summed E-state index contributed by atoms with van der Waals surface area (Å²) in [6.45, 7) is 10.9. The molecule has 1 N–H and O–H groups in total. The standard InChI is InChI=1S/C15H28O5/c1-6-17-14(18-7-2)15(19-8-3,20-9-4)12-10-11-13(5)16/h13-14,16H,6-9,11H2,1-5H3. The topological polar surface area (TPSA) is 57.2 Å². The molecular weight excluding hydrogens is 260 g/mol. The van der Waals surface area contributed by atoms with Gasteiger partial charge in [0.1, 0.15) is 0 Å². The fourth-order valence-electron chi connectivity index (χ4n) is 1.63. The van der Waals surface area contributed by atoms with E-state index in [-0.39, 0.29) is 0 Å². The first kappa shape index (κ1) is 19.4. The van der Waals surface area contributed by atoms with Crippen molar-refractivity contribution in [2.75, 3.05) is 26.4 Å². The fourth-order valence-corrected chi connectivity index (χ4v) is 1.63. The van der Waals surface area contributed by atoms with Crippen LogP contribution in [0.25, 0.3) is 0 Å². The average molecular weight is 288 g/mol. The van der Waals surface area contributed by atoms with Gasteiger partial charge in [0.15, 0.2) is 0 Å². The van der Waals surface area contributed by atoms with E-state index >= 15 is 0 Å². The van der Waals surface area contributed by atoms with Gasteiger partial charge in [0.2, 0.25) is 6.29 Å². The molecule has 20 heavy (non-hydrogen) atoms. The Kier molecular flexibility index (Phi) is 10.7. The van der Waals surface area contributed by atoms with E-state index in [9.17, 15) is 5.11 Å². The molecule has 0 fully saturated rings. The predicted molar refractivity (Wildman–Crippen MR) is 77.1 cm³/mol. The van der Waals surface area contributed by atoms with Gasteiger partial charge in [-0.1, -0.05) is 5.92 Å².